The molecule has 0 aliphatic rings. The third kappa shape index (κ3) is 1.57. The fourth-order valence-electron chi connectivity index (χ4n) is 1.05. The van der Waals surface area contributed by atoms with Gasteiger partial charge in [0.05, 0.1) is 0 Å². The monoisotopic (exact) mass is 156 g/mol. The van der Waals surface area contributed by atoms with E-state index in [-0.39, 0.29) is 0 Å². The van der Waals surface area contributed by atoms with Gasteiger partial charge in [0.25, 0.3) is 0 Å². The molecule has 0 atom stereocenters. The minimum absolute atomic E-state index is 0.889. The van der Waals surface area contributed by atoms with Crippen LogP contribution >= 0.6 is 12.6 Å². The summed E-state index contributed by atoms with van der Waals surface area (Å²) < 4.78 is 5.33. The second-order valence-electron chi connectivity index (χ2n) is 2.41. The van der Waals surface area contributed by atoms with Gasteiger partial charge in [0.1, 0.15) is 11.5 Å². The van der Waals surface area contributed by atoms with Gasteiger partial charge in [-0.1, -0.05) is 0 Å². The van der Waals surface area contributed by atoms with Crippen molar-refractivity contribution in [3.8, 4) is 0 Å². The van der Waals surface area contributed by atoms with Crippen molar-refractivity contribution in [3.05, 3.63) is 23.2 Å². The van der Waals surface area contributed by atoms with E-state index in [1.807, 2.05) is 13.8 Å². The van der Waals surface area contributed by atoms with Crippen molar-refractivity contribution in [1.29, 1.82) is 0 Å². The Labute approximate surface area is 66.8 Å². The van der Waals surface area contributed by atoms with E-state index in [0.717, 1.165) is 23.7 Å². The molecule has 2 heteroatoms. The summed E-state index contributed by atoms with van der Waals surface area (Å²) in [7, 11) is 0. The molecule has 0 aliphatic carbocycles. The molecular formula is C8H12OS. The number of furan rings is 1. The number of thiol groups is 1. The van der Waals surface area contributed by atoms with Crippen molar-refractivity contribution in [1.82, 2.24) is 0 Å². The highest BCUT2D eigenvalue weighted by Crippen LogP contribution is 2.14. The molecule has 0 aromatic carbocycles. The molecule has 0 N–H and O–H groups in total. The Morgan fingerprint density at radius 3 is 2.60 bits per heavy atom. The highest BCUT2D eigenvalue weighted by atomic mass is 32.1. The van der Waals surface area contributed by atoms with E-state index in [9.17, 15) is 0 Å². The Bertz CT molecular complexity index is 215. The van der Waals surface area contributed by atoms with Gasteiger partial charge >= 0.3 is 0 Å². The molecule has 10 heavy (non-hydrogen) atoms. The molecule has 0 radical (unpaired) electrons. The molecule has 0 fully saturated rings. The van der Waals surface area contributed by atoms with Gasteiger partial charge in [0.2, 0.25) is 0 Å². The van der Waals surface area contributed by atoms with Crippen LogP contribution in [0.2, 0.25) is 0 Å². The largest absolute Gasteiger partial charge is 0.466 e. The van der Waals surface area contributed by atoms with Crippen LogP contribution in [-0.4, -0.2) is 5.75 Å². The third-order valence-corrected chi connectivity index (χ3v) is 1.75. The SMILES string of the molecule is Cc1cc(CCS)c(C)o1. The van der Waals surface area contributed by atoms with Crippen LogP contribution in [0.3, 0.4) is 0 Å². The first kappa shape index (κ1) is 7.73. The van der Waals surface area contributed by atoms with Crippen LogP contribution in [0.5, 0.6) is 0 Å². The second-order valence-corrected chi connectivity index (χ2v) is 2.86. The van der Waals surface area contributed by atoms with Crippen LogP contribution in [-0.2, 0) is 6.42 Å². The van der Waals surface area contributed by atoms with Gasteiger partial charge in [0.15, 0.2) is 0 Å². The summed E-state index contributed by atoms with van der Waals surface area (Å²) in [6.45, 7) is 3.96. The van der Waals surface area contributed by atoms with Crippen molar-refractivity contribution in [2.45, 2.75) is 20.3 Å². The zero-order chi connectivity index (χ0) is 7.56. The fourth-order valence-corrected chi connectivity index (χ4v) is 1.29. The molecule has 56 valence electrons. The van der Waals surface area contributed by atoms with Gasteiger partial charge in [-0.05, 0) is 37.7 Å². The van der Waals surface area contributed by atoms with Crippen molar-refractivity contribution in [3.63, 3.8) is 0 Å². The zero-order valence-electron chi connectivity index (χ0n) is 6.35. The van der Waals surface area contributed by atoms with Crippen LogP contribution in [0.4, 0.5) is 0 Å². The Morgan fingerprint density at radius 2 is 2.20 bits per heavy atom. The minimum atomic E-state index is 0.889. The summed E-state index contributed by atoms with van der Waals surface area (Å²) in [5.41, 5.74) is 1.28. The molecular weight excluding hydrogens is 144 g/mol. The van der Waals surface area contributed by atoms with Gasteiger partial charge in [-0.2, -0.15) is 12.6 Å². The number of aryl methyl sites for hydroxylation is 3. The molecule has 0 aliphatic heterocycles. The summed E-state index contributed by atoms with van der Waals surface area (Å²) in [6, 6.07) is 2.07. The van der Waals surface area contributed by atoms with Gasteiger partial charge < -0.3 is 4.42 Å². The summed E-state index contributed by atoms with van der Waals surface area (Å²) in [6.07, 6.45) is 1.01. The number of rotatable bonds is 2. The lowest BCUT2D eigenvalue weighted by atomic mass is 10.2. The van der Waals surface area contributed by atoms with E-state index < -0.39 is 0 Å². The second kappa shape index (κ2) is 3.15. The predicted octanol–water partition coefficient (Wildman–Crippen LogP) is 2.37. The summed E-state index contributed by atoms with van der Waals surface area (Å²) in [4.78, 5) is 0. The topological polar surface area (TPSA) is 13.1 Å². The number of hydrogen-bond donors (Lipinski definition) is 1. The molecule has 1 aromatic rings. The van der Waals surface area contributed by atoms with Crippen molar-refractivity contribution >= 4 is 12.6 Å². The minimum Gasteiger partial charge on any atom is -0.466 e. The summed E-state index contributed by atoms with van der Waals surface area (Å²) in [5, 5.41) is 0. The Hall–Kier alpha value is -0.370. The average Bonchev–Trinajstić information content (AvgIpc) is 2.13. The maximum Gasteiger partial charge on any atom is 0.104 e. The van der Waals surface area contributed by atoms with Gasteiger partial charge in [0, 0.05) is 0 Å². The Balaban J connectivity index is 2.81. The van der Waals surface area contributed by atoms with E-state index >= 15 is 0 Å². The van der Waals surface area contributed by atoms with Crippen molar-refractivity contribution in [2.75, 3.05) is 5.75 Å². The lowest BCUT2D eigenvalue weighted by molar-refractivity contribution is 0.501. The molecule has 0 unspecified atom stereocenters. The van der Waals surface area contributed by atoms with Crippen LogP contribution in [0.15, 0.2) is 10.5 Å². The normalized spacial score (nSPS) is 10.3. The lowest BCUT2D eigenvalue weighted by Gasteiger charge is -1.90. The molecule has 0 amide bonds. The first-order valence-corrected chi connectivity index (χ1v) is 4.04. The third-order valence-electron chi connectivity index (χ3n) is 1.52. The molecule has 1 heterocycles. The van der Waals surface area contributed by atoms with Crippen molar-refractivity contribution < 1.29 is 4.42 Å². The van der Waals surface area contributed by atoms with Crippen LogP contribution in [0.25, 0.3) is 0 Å². The molecule has 1 nitrogen and oxygen atoms in total. The van der Waals surface area contributed by atoms with E-state index in [2.05, 4.69) is 18.7 Å². The summed E-state index contributed by atoms with van der Waals surface area (Å²) in [5.74, 6) is 2.92. The fraction of sp³-hybridized carbons (Fsp3) is 0.500. The van der Waals surface area contributed by atoms with Crippen LogP contribution < -0.4 is 0 Å². The first-order valence-electron chi connectivity index (χ1n) is 3.41. The standard InChI is InChI=1S/C8H12OS/c1-6-5-8(3-4-10)7(2)9-6/h5,10H,3-4H2,1-2H3. The number of hydrogen-bond acceptors (Lipinski definition) is 2. The quantitative estimate of drug-likeness (QED) is 0.649. The highest BCUT2D eigenvalue weighted by Gasteiger charge is 2.01. The molecule has 1 aromatic heterocycles. The zero-order valence-corrected chi connectivity index (χ0v) is 7.24. The molecule has 0 bridgehead atoms. The summed E-state index contributed by atoms with van der Waals surface area (Å²) >= 11 is 4.15. The Kier molecular flexibility index (Phi) is 2.44. The molecule has 0 saturated carbocycles. The lowest BCUT2D eigenvalue weighted by Crippen LogP contribution is -1.84. The maximum atomic E-state index is 5.33. The van der Waals surface area contributed by atoms with E-state index in [1.54, 1.807) is 0 Å². The van der Waals surface area contributed by atoms with E-state index in [1.165, 1.54) is 5.56 Å². The van der Waals surface area contributed by atoms with Gasteiger partial charge in [-0.25, -0.2) is 0 Å². The van der Waals surface area contributed by atoms with Gasteiger partial charge in [-0.3, -0.25) is 0 Å². The van der Waals surface area contributed by atoms with Crippen molar-refractivity contribution in [2.24, 2.45) is 0 Å². The van der Waals surface area contributed by atoms with Crippen LogP contribution in [0, 0.1) is 13.8 Å². The maximum absolute atomic E-state index is 5.33. The van der Waals surface area contributed by atoms with E-state index in [4.69, 9.17) is 4.42 Å². The average molecular weight is 156 g/mol. The molecule has 1 rings (SSSR count). The predicted molar refractivity (Wildman–Crippen MR) is 45.7 cm³/mol. The Morgan fingerprint density at radius 1 is 1.50 bits per heavy atom. The van der Waals surface area contributed by atoms with Crippen LogP contribution in [0.1, 0.15) is 17.1 Å². The smallest absolute Gasteiger partial charge is 0.104 e. The molecule has 0 spiro atoms. The molecule has 0 saturated heterocycles. The first-order chi connectivity index (χ1) is 4.74. The van der Waals surface area contributed by atoms with Gasteiger partial charge in [-0.15, -0.1) is 0 Å². The van der Waals surface area contributed by atoms with E-state index in [0.29, 0.717) is 0 Å². The highest BCUT2D eigenvalue weighted by molar-refractivity contribution is 7.80.